The summed E-state index contributed by atoms with van der Waals surface area (Å²) in [7, 11) is 1.62. The Hall–Kier alpha value is -1.40. The van der Waals surface area contributed by atoms with Crippen LogP contribution in [0.15, 0.2) is 6.07 Å². The molecule has 0 aromatic carbocycles. The largest absolute Gasteiger partial charge is 0.384 e. The van der Waals surface area contributed by atoms with Gasteiger partial charge in [-0.1, -0.05) is 6.92 Å². The lowest BCUT2D eigenvalue weighted by Crippen LogP contribution is -2.45. The van der Waals surface area contributed by atoms with E-state index in [1.807, 2.05) is 6.07 Å². The Kier molecular flexibility index (Phi) is 4.33. The van der Waals surface area contributed by atoms with Gasteiger partial charge in [0.05, 0.1) is 19.3 Å². The second-order valence-corrected chi connectivity index (χ2v) is 4.33. The molecule has 2 heterocycles. The SMILES string of the molecule is CCC1COCCN1c1cc(N)nc(COC)n1. The van der Waals surface area contributed by atoms with Crippen LogP contribution in [0.3, 0.4) is 0 Å². The number of rotatable bonds is 4. The van der Waals surface area contributed by atoms with E-state index in [2.05, 4.69) is 21.8 Å². The first-order valence-corrected chi connectivity index (χ1v) is 6.21. The van der Waals surface area contributed by atoms with E-state index in [4.69, 9.17) is 15.2 Å². The quantitative estimate of drug-likeness (QED) is 0.855. The van der Waals surface area contributed by atoms with Gasteiger partial charge in [-0.3, -0.25) is 0 Å². The van der Waals surface area contributed by atoms with Crippen LogP contribution >= 0.6 is 0 Å². The molecule has 1 saturated heterocycles. The minimum atomic E-state index is 0.350. The summed E-state index contributed by atoms with van der Waals surface area (Å²) in [5.41, 5.74) is 5.82. The van der Waals surface area contributed by atoms with Crippen LogP contribution in [0.4, 0.5) is 11.6 Å². The third kappa shape index (κ3) is 2.88. The summed E-state index contributed by atoms with van der Waals surface area (Å²) < 4.78 is 10.5. The van der Waals surface area contributed by atoms with E-state index in [-0.39, 0.29) is 0 Å². The normalized spacial score (nSPS) is 20.1. The Bertz CT molecular complexity index is 400. The van der Waals surface area contributed by atoms with Gasteiger partial charge in [0.25, 0.3) is 0 Å². The highest BCUT2D eigenvalue weighted by molar-refractivity contribution is 5.48. The number of ether oxygens (including phenoxy) is 2. The van der Waals surface area contributed by atoms with E-state index < -0.39 is 0 Å². The number of anilines is 2. The van der Waals surface area contributed by atoms with Crippen LogP contribution in [0.2, 0.25) is 0 Å². The van der Waals surface area contributed by atoms with Gasteiger partial charge in [-0.15, -0.1) is 0 Å². The molecular formula is C12H20N4O2. The molecule has 2 rings (SSSR count). The molecule has 6 nitrogen and oxygen atoms in total. The minimum absolute atomic E-state index is 0.350. The van der Waals surface area contributed by atoms with E-state index in [9.17, 15) is 0 Å². The summed E-state index contributed by atoms with van der Waals surface area (Å²) in [6.07, 6.45) is 1.02. The van der Waals surface area contributed by atoms with Crippen molar-refractivity contribution in [1.82, 2.24) is 9.97 Å². The van der Waals surface area contributed by atoms with Crippen molar-refractivity contribution >= 4 is 11.6 Å². The number of nitrogens with two attached hydrogens (primary N) is 1. The van der Waals surface area contributed by atoms with Gasteiger partial charge in [-0.2, -0.15) is 0 Å². The average molecular weight is 252 g/mol. The fraction of sp³-hybridized carbons (Fsp3) is 0.667. The number of morpholine rings is 1. The molecule has 100 valence electrons. The van der Waals surface area contributed by atoms with Gasteiger partial charge in [0, 0.05) is 19.7 Å². The standard InChI is InChI=1S/C12H20N4O2/c1-3-9-7-18-5-4-16(9)12-6-10(13)14-11(15-12)8-17-2/h6,9H,3-5,7-8H2,1-2H3,(H2,13,14,15). The number of hydrogen-bond acceptors (Lipinski definition) is 6. The Balaban J connectivity index is 2.24. The molecule has 6 heteroatoms. The topological polar surface area (TPSA) is 73.5 Å². The Morgan fingerprint density at radius 3 is 3.11 bits per heavy atom. The maximum absolute atomic E-state index is 5.82. The summed E-state index contributed by atoms with van der Waals surface area (Å²) in [5.74, 6) is 1.96. The maximum Gasteiger partial charge on any atom is 0.158 e. The van der Waals surface area contributed by atoms with Crippen molar-refractivity contribution in [1.29, 1.82) is 0 Å². The zero-order chi connectivity index (χ0) is 13.0. The van der Waals surface area contributed by atoms with Crippen molar-refractivity contribution in [3.05, 3.63) is 11.9 Å². The molecule has 0 radical (unpaired) electrons. The van der Waals surface area contributed by atoms with E-state index >= 15 is 0 Å². The third-order valence-corrected chi connectivity index (χ3v) is 3.05. The van der Waals surface area contributed by atoms with Crippen molar-refractivity contribution in [2.45, 2.75) is 26.0 Å². The highest BCUT2D eigenvalue weighted by Crippen LogP contribution is 2.21. The van der Waals surface area contributed by atoms with Crippen LogP contribution in [0.25, 0.3) is 0 Å². The van der Waals surface area contributed by atoms with Crippen molar-refractivity contribution < 1.29 is 9.47 Å². The summed E-state index contributed by atoms with van der Waals surface area (Å²) >= 11 is 0. The highest BCUT2D eigenvalue weighted by atomic mass is 16.5. The average Bonchev–Trinajstić information content (AvgIpc) is 2.38. The molecule has 1 aromatic heterocycles. The first-order valence-electron chi connectivity index (χ1n) is 6.21. The lowest BCUT2D eigenvalue weighted by atomic mass is 10.2. The summed E-state index contributed by atoms with van der Waals surface area (Å²) in [6, 6.07) is 2.16. The lowest BCUT2D eigenvalue weighted by molar-refractivity contribution is 0.0924. The molecule has 1 aliphatic rings. The molecule has 18 heavy (non-hydrogen) atoms. The second-order valence-electron chi connectivity index (χ2n) is 4.33. The van der Waals surface area contributed by atoms with E-state index in [0.717, 1.165) is 32.0 Å². The Labute approximate surface area is 107 Å². The third-order valence-electron chi connectivity index (χ3n) is 3.05. The van der Waals surface area contributed by atoms with Gasteiger partial charge in [0.2, 0.25) is 0 Å². The predicted octanol–water partition coefficient (Wildman–Crippen LogP) is 0.820. The molecule has 1 atom stereocenters. The van der Waals surface area contributed by atoms with Crippen LogP contribution in [-0.4, -0.2) is 42.9 Å². The fourth-order valence-corrected chi connectivity index (χ4v) is 2.14. The van der Waals surface area contributed by atoms with Crippen molar-refractivity contribution in [3.63, 3.8) is 0 Å². The van der Waals surface area contributed by atoms with E-state index in [1.165, 1.54) is 0 Å². The monoisotopic (exact) mass is 252 g/mol. The zero-order valence-electron chi connectivity index (χ0n) is 10.9. The van der Waals surface area contributed by atoms with Crippen LogP contribution in [-0.2, 0) is 16.1 Å². The number of methoxy groups -OCH3 is 1. The summed E-state index contributed by atoms with van der Waals surface area (Å²) in [6.45, 7) is 4.81. The fourth-order valence-electron chi connectivity index (χ4n) is 2.14. The van der Waals surface area contributed by atoms with Gasteiger partial charge in [-0.25, -0.2) is 9.97 Å². The number of nitrogens with zero attached hydrogens (tertiary/aromatic N) is 3. The second kappa shape index (κ2) is 5.97. The maximum atomic E-state index is 5.82. The van der Waals surface area contributed by atoms with Crippen LogP contribution in [0, 0.1) is 0 Å². The van der Waals surface area contributed by atoms with Gasteiger partial charge in [-0.05, 0) is 6.42 Å². The molecule has 1 unspecified atom stereocenters. The van der Waals surface area contributed by atoms with E-state index in [1.54, 1.807) is 7.11 Å². The Morgan fingerprint density at radius 2 is 2.39 bits per heavy atom. The number of aromatic nitrogens is 2. The molecule has 0 aliphatic carbocycles. The van der Waals surface area contributed by atoms with Crippen molar-refractivity contribution in [2.75, 3.05) is 37.5 Å². The first kappa shape index (κ1) is 13.0. The first-order chi connectivity index (χ1) is 8.74. The molecule has 1 aliphatic heterocycles. The lowest BCUT2D eigenvalue weighted by Gasteiger charge is -2.36. The molecule has 2 N–H and O–H groups in total. The number of hydrogen-bond donors (Lipinski definition) is 1. The van der Waals surface area contributed by atoms with E-state index in [0.29, 0.717) is 24.3 Å². The van der Waals surface area contributed by atoms with Crippen LogP contribution in [0.1, 0.15) is 19.2 Å². The van der Waals surface area contributed by atoms with Crippen molar-refractivity contribution in [2.24, 2.45) is 0 Å². The molecular weight excluding hydrogens is 232 g/mol. The zero-order valence-corrected chi connectivity index (χ0v) is 10.9. The van der Waals surface area contributed by atoms with Crippen LogP contribution in [0.5, 0.6) is 0 Å². The molecule has 1 aromatic rings. The van der Waals surface area contributed by atoms with Gasteiger partial charge in [0.1, 0.15) is 18.2 Å². The van der Waals surface area contributed by atoms with Gasteiger partial charge < -0.3 is 20.1 Å². The molecule has 0 bridgehead atoms. The molecule has 1 fully saturated rings. The summed E-state index contributed by atoms with van der Waals surface area (Å²) in [5, 5.41) is 0. The predicted molar refractivity (Wildman–Crippen MR) is 69.4 cm³/mol. The van der Waals surface area contributed by atoms with Gasteiger partial charge >= 0.3 is 0 Å². The number of nitrogen functional groups attached to an aromatic ring is 1. The minimum Gasteiger partial charge on any atom is -0.384 e. The molecule has 0 spiro atoms. The van der Waals surface area contributed by atoms with Gasteiger partial charge in [0.15, 0.2) is 5.82 Å². The summed E-state index contributed by atoms with van der Waals surface area (Å²) in [4.78, 5) is 10.9. The van der Waals surface area contributed by atoms with Crippen LogP contribution < -0.4 is 10.6 Å². The highest BCUT2D eigenvalue weighted by Gasteiger charge is 2.23. The smallest absolute Gasteiger partial charge is 0.158 e. The van der Waals surface area contributed by atoms with Crippen molar-refractivity contribution in [3.8, 4) is 0 Å². The molecule has 0 amide bonds. The Morgan fingerprint density at radius 1 is 1.56 bits per heavy atom. The molecule has 0 saturated carbocycles.